The number of Topliss-reactive ketones (excluding diaryl/α,β-unsaturated/α-hetero) is 1. The summed E-state index contributed by atoms with van der Waals surface area (Å²) >= 11 is 6.04. The molecular formula is C17H20ClN3O3. The van der Waals surface area contributed by atoms with E-state index in [1.165, 1.54) is 4.68 Å². The Morgan fingerprint density at radius 2 is 2.00 bits per heavy atom. The van der Waals surface area contributed by atoms with Crippen molar-refractivity contribution in [2.75, 3.05) is 6.61 Å². The van der Waals surface area contributed by atoms with E-state index in [1.807, 2.05) is 19.9 Å². The minimum atomic E-state index is -0.630. The smallest absolute Gasteiger partial charge is 0.343 e. The van der Waals surface area contributed by atoms with E-state index in [-0.39, 0.29) is 23.1 Å². The molecule has 0 amide bonds. The zero-order valence-corrected chi connectivity index (χ0v) is 15.0. The van der Waals surface area contributed by atoms with Crippen LogP contribution in [0.25, 0.3) is 0 Å². The van der Waals surface area contributed by atoms with Crippen LogP contribution in [0.3, 0.4) is 0 Å². The number of halogens is 1. The van der Waals surface area contributed by atoms with Gasteiger partial charge in [-0.05, 0) is 39.7 Å². The Hall–Kier alpha value is -2.08. The quantitative estimate of drug-likeness (QED) is 0.614. The molecule has 1 fully saturated rings. The van der Waals surface area contributed by atoms with Gasteiger partial charge in [0.25, 0.3) is 0 Å². The van der Waals surface area contributed by atoms with E-state index in [1.54, 1.807) is 14.0 Å². The molecule has 1 aliphatic carbocycles. The molecule has 0 radical (unpaired) electrons. The molecule has 0 unspecified atom stereocenters. The summed E-state index contributed by atoms with van der Waals surface area (Å²) in [5.41, 5.74) is 3.30. The molecule has 6 nitrogen and oxygen atoms in total. The summed E-state index contributed by atoms with van der Waals surface area (Å²) < 4.78 is 8.76. The Kier molecular flexibility index (Phi) is 4.25. The summed E-state index contributed by atoms with van der Waals surface area (Å²) in [6, 6.07) is 2.37. The summed E-state index contributed by atoms with van der Waals surface area (Å²) in [6.45, 7) is 5.29. The molecule has 1 saturated carbocycles. The monoisotopic (exact) mass is 349 g/mol. The van der Waals surface area contributed by atoms with Gasteiger partial charge >= 0.3 is 5.97 Å². The van der Waals surface area contributed by atoms with E-state index in [4.69, 9.17) is 16.3 Å². The first-order valence-corrected chi connectivity index (χ1v) is 8.27. The maximum absolute atomic E-state index is 12.4. The molecule has 0 bridgehead atoms. The molecule has 0 aliphatic heterocycles. The van der Waals surface area contributed by atoms with Gasteiger partial charge < -0.3 is 9.30 Å². The molecule has 2 heterocycles. The van der Waals surface area contributed by atoms with Gasteiger partial charge in [0, 0.05) is 30.0 Å². The van der Waals surface area contributed by atoms with Crippen molar-refractivity contribution >= 4 is 23.4 Å². The second-order valence-electron chi connectivity index (χ2n) is 6.26. The minimum Gasteiger partial charge on any atom is -0.454 e. The Morgan fingerprint density at radius 3 is 2.54 bits per heavy atom. The van der Waals surface area contributed by atoms with Crippen molar-refractivity contribution in [2.24, 2.45) is 7.05 Å². The van der Waals surface area contributed by atoms with E-state index < -0.39 is 5.97 Å². The van der Waals surface area contributed by atoms with Crippen molar-refractivity contribution in [1.29, 1.82) is 0 Å². The van der Waals surface area contributed by atoms with Gasteiger partial charge in [-0.3, -0.25) is 9.48 Å². The first-order valence-electron chi connectivity index (χ1n) is 7.89. The highest BCUT2D eigenvalue weighted by Crippen LogP contribution is 2.38. The molecule has 3 rings (SSSR count). The molecule has 7 heteroatoms. The van der Waals surface area contributed by atoms with E-state index in [9.17, 15) is 9.59 Å². The van der Waals surface area contributed by atoms with Gasteiger partial charge in [0.15, 0.2) is 6.61 Å². The molecule has 0 aromatic carbocycles. The van der Waals surface area contributed by atoms with Crippen LogP contribution < -0.4 is 0 Å². The fourth-order valence-corrected chi connectivity index (χ4v) is 3.35. The fraction of sp³-hybridized carbons (Fsp3) is 0.471. The third kappa shape index (κ3) is 2.86. The van der Waals surface area contributed by atoms with Gasteiger partial charge in [0.2, 0.25) is 5.78 Å². The number of nitrogens with zero attached hydrogens (tertiary/aromatic N) is 3. The third-order valence-electron chi connectivity index (χ3n) is 4.39. The zero-order chi connectivity index (χ0) is 17.6. The molecule has 2 aromatic rings. The molecule has 24 heavy (non-hydrogen) atoms. The first kappa shape index (κ1) is 16.8. The molecule has 0 N–H and O–H groups in total. The lowest BCUT2D eigenvalue weighted by molar-refractivity contribution is 0.0474. The van der Waals surface area contributed by atoms with Gasteiger partial charge in [-0.1, -0.05) is 11.6 Å². The van der Waals surface area contributed by atoms with Crippen LogP contribution in [0.2, 0.25) is 5.15 Å². The molecule has 128 valence electrons. The lowest BCUT2D eigenvalue weighted by atomic mass is 10.1. The number of carbonyl (C=O) groups excluding carboxylic acids is 2. The number of esters is 1. The van der Waals surface area contributed by atoms with Gasteiger partial charge in [-0.2, -0.15) is 5.10 Å². The van der Waals surface area contributed by atoms with Crippen LogP contribution in [-0.2, 0) is 11.8 Å². The fourth-order valence-electron chi connectivity index (χ4n) is 3.10. The Bertz CT molecular complexity index is 831. The number of aromatic nitrogens is 3. The van der Waals surface area contributed by atoms with E-state index in [0.29, 0.717) is 17.3 Å². The number of ketones is 1. The van der Waals surface area contributed by atoms with Crippen molar-refractivity contribution in [3.8, 4) is 0 Å². The van der Waals surface area contributed by atoms with Crippen LogP contribution in [0, 0.1) is 20.8 Å². The molecule has 0 atom stereocenters. The van der Waals surface area contributed by atoms with Gasteiger partial charge in [-0.25, -0.2) is 4.79 Å². The zero-order valence-electron chi connectivity index (χ0n) is 14.2. The maximum atomic E-state index is 12.4. The van der Waals surface area contributed by atoms with Gasteiger partial charge in [-0.15, -0.1) is 0 Å². The standard InChI is InChI=1S/C17H20ClN3O3/c1-9-7-13(11(3)21(9)12-5-6-12)14(22)8-24-17(23)15-10(2)19-20(4)16(15)18/h7,12H,5-6,8H2,1-4H3. The van der Waals surface area contributed by atoms with Crippen LogP contribution >= 0.6 is 11.6 Å². The van der Waals surface area contributed by atoms with Crippen LogP contribution in [0.15, 0.2) is 6.07 Å². The number of hydrogen-bond acceptors (Lipinski definition) is 4. The van der Waals surface area contributed by atoms with Crippen molar-refractivity contribution in [2.45, 2.75) is 39.7 Å². The normalized spacial score (nSPS) is 14.0. The molecule has 2 aromatic heterocycles. The van der Waals surface area contributed by atoms with E-state index in [0.717, 1.165) is 24.2 Å². The summed E-state index contributed by atoms with van der Waals surface area (Å²) in [7, 11) is 1.64. The highest BCUT2D eigenvalue weighted by Gasteiger charge is 2.29. The van der Waals surface area contributed by atoms with Crippen molar-refractivity contribution in [3.63, 3.8) is 0 Å². The van der Waals surface area contributed by atoms with E-state index in [2.05, 4.69) is 9.67 Å². The second kappa shape index (κ2) is 6.09. The summed E-state index contributed by atoms with van der Waals surface area (Å²) in [4.78, 5) is 24.6. The number of rotatable bonds is 5. The number of ether oxygens (including phenoxy) is 1. The summed E-state index contributed by atoms with van der Waals surface area (Å²) in [6.07, 6.45) is 2.30. The van der Waals surface area contributed by atoms with Crippen LogP contribution in [0.1, 0.15) is 56.7 Å². The molecule has 0 saturated heterocycles. The minimum absolute atomic E-state index is 0.204. The lowest BCUT2D eigenvalue weighted by Crippen LogP contribution is -2.15. The summed E-state index contributed by atoms with van der Waals surface area (Å²) in [5.74, 6) is -0.837. The predicted octanol–water partition coefficient (Wildman–Crippen LogP) is 3.17. The summed E-state index contributed by atoms with van der Waals surface area (Å²) in [5, 5.41) is 4.27. The Labute approximate surface area is 145 Å². The lowest BCUT2D eigenvalue weighted by Gasteiger charge is -2.08. The number of carbonyl (C=O) groups is 2. The topological polar surface area (TPSA) is 66.1 Å². The molecule has 1 aliphatic rings. The van der Waals surface area contributed by atoms with E-state index >= 15 is 0 Å². The highest BCUT2D eigenvalue weighted by molar-refractivity contribution is 6.32. The van der Waals surface area contributed by atoms with Crippen molar-refractivity contribution < 1.29 is 14.3 Å². The largest absolute Gasteiger partial charge is 0.454 e. The van der Waals surface area contributed by atoms with Gasteiger partial charge in [0.05, 0.1) is 5.69 Å². The Balaban J connectivity index is 1.72. The SMILES string of the molecule is Cc1nn(C)c(Cl)c1C(=O)OCC(=O)c1cc(C)n(C2CC2)c1C. The van der Waals surface area contributed by atoms with Crippen molar-refractivity contribution in [1.82, 2.24) is 14.3 Å². The second-order valence-corrected chi connectivity index (χ2v) is 6.62. The average molecular weight is 350 g/mol. The highest BCUT2D eigenvalue weighted by atomic mass is 35.5. The average Bonchev–Trinajstić information content (AvgIpc) is 3.25. The molecular weight excluding hydrogens is 330 g/mol. The van der Waals surface area contributed by atoms with Crippen LogP contribution in [0.5, 0.6) is 0 Å². The van der Waals surface area contributed by atoms with Crippen LogP contribution in [0.4, 0.5) is 0 Å². The number of aryl methyl sites for hydroxylation is 3. The van der Waals surface area contributed by atoms with Crippen LogP contribution in [-0.4, -0.2) is 32.7 Å². The first-order chi connectivity index (χ1) is 11.3. The predicted molar refractivity (Wildman–Crippen MR) is 89.7 cm³/mol. The number of hydrogen-bond donors (Lipinski definition) is 0. The van der Waals surface area contributed by atoms with Crippen molar-refractivity contribution in [3.05, 3.63) is 39.4 Å². The Morgan fingerprint density at radius 1 is 1.33 bits per heavy atom. The maximum Gasteiger partial charge on any atom is 0.343 e. The van der Waals surface area contributed by atoms with Gasteiger partial charge in [0.1, 0.15) is 10.7 Å². The molecule has 0 spiro atoms. The third-order valence-corrected chi connectivity index (χ3v) is 4.82.